The number of unbranched alkanes of at least 4 members (excludes halogenated alkanes) is 3. The number of esters is 2. The molecule has 0 amide bonds. The number of aliphatic hydroxyl groups is 1. The molecule has 0 saturated heterocycles. The van der Waals surface area contributed by atoms with Crippen LogP contribution >= 0.6 is 0 Å². The van der Waals surface area contributed by atoms with Crippen LogP contribution in [-0.4, -0.2) is 34.9 Å². The van der Waals surface area contributed by atoms with Crippen molar-refractivity contribution in [2.75, 3.05) is 0 Å². The third-order valence-electron chi connectivity index (χ3n) is 6.33. The van der Waals surface area contributed by atoms with Gasteiger partial charge in [-0.25, -0.2) is 0 Å². The molecule has 2 fully saturated rings. The summed E-state index contributed by atoms with van der Waals surface area (Å²) in [5, 5.41) is 9.57. The standard InChI is InChI=1S/C23H40O5/c1-4-5-6-7-16-23(2,3)28-22(26)18-10-14-20(15-11-18)27-21(25)17-8-12-19(24)13-9-17/h17-20,24H,4-16H2,1-3H3. The number of ether oxygens (including phenoxy) is 2. The van der Waals surface area contributed by atoms with Gasteiger partial charge >= 0.3 is 11.9 Å². The van der Waals surface area contributed by atoms with E-state index in [1.54, 1.807) is 0 Å². The molecule has 5 heteroatoms. The van der Waals surface area contributed by atoms with E-state index < -0.39 is 5.60 Å². The Morgan fingerprint density at radius 2 is 1.43 bits per heavy atom. The second kappa shape index (κ2) is 11.2. The smallest absolute Gasteiger partial charge is 0.309 e. The average Bonchev–Trinajstić information content (AvgIpc) is 2.66. The van der Waals surface area contributed by atoms with Crippen molar-refractivity contribution in [1.29, 1.82) is 0 Å². The van der Waals surface area contributed by atoms with Gasteiger partial charge in [0.2, 0.25) is 0 Å². The van der Waals surface area contributed by atoms with Gasteiger partial charge in [0, 0.05) is 0 Å². The van der Waals surface area contributed by atoms with Crippen molar-refractivity contribution < 1.29 is 24.2 Å². The van der Waals surface area contributed by atoms with E-state index >= 15 is 0 Å². The molecular weight excluding hydrogens is 356 g/mol. The minimum atomic E-state index is -0.403. The quantitative estimate of drug-likeness (QED) is 0.442. The fourth-order valence-electron chi connectivity index (χ4n) is 4.37. The predicted molar refractivity (Wildman–Crippen MR) is 109 cm³/mol. The van der Waals surface area contributed by atoms with Crippen molar-refractivity contribution in [3.63, 3.8) is 0 Å². The molecule has 0 aromatic rings. The minimum Gasteiger partial charge on any atom is -0.462 e. The van der Waals surface area contributed by atoms with Gasteiger partial charge in [-0.05, 0) is 78.1 Å². The molecule has 0 bridgehead atoms. The van der Waals surface area contributed by atoms with E-state index in [9.17, 15) is 14.7 Å². The van der Waals surface area contributed by atoms with Gasteiger partial charge < -0.3 is 14.6 Å². The second-order valence-corrected chi connectivity index (χ2v) is 9.41. The zero-order chi connectivity index (χ0) is 20.6. The van der Waals surface area contributed by atoms with Crippen molar-refractivity contribution in [3.8, 4) is 0 Å². The number of carbonyl (C=O) groups is 2. The fraction of sp³-hybridized carbons (Fsp3) is 0.913. The Kier molecular flexibility index (Phi) is 9.26. The van der Waals surface area contributed by atoms with Crippen LogP contribution in [0.25, 0.3) is 0 Å². The second-order valence-electron chi connectivity index (χ2n) is 9.41. The summed E-state index contributed by atoms with van der Waals surface area (Å²) in [5.74, 6) is -0.355. The van der Waals surface area contributed by atoms with Crippen LogP contribution in [0.3, 0.4) is 0 Å². The Bertz CT molecular complexity index is 485. The number of hydrogen-bond donors (Lipinski definition) is 1. The first-order valence-electron chi connectivity index (χ1n) is 11.4. The Hall–Kier alpha value is -1.10. The Labute approximate surface area is 170 Å². The molecule has 2 saturated carbocycles. The van der Waals surface area contributed by atoms with Gasteiger partial charge in [-0.1, -0.05) is 26.2 Å². The van der Waals surface area contributed by atoms with Crippen LogP contribution in [0.2, 0.25) is 0 Å². The molecule has 2 aliphatic rings. The summed E-state index contributed by atoms with van der Waals surface area (Å²) in [7, 11) is 0. The van der Waals surface area contributed by atoms with Crippen molar-refractivity contribution in [3.05, 3.63) is 0 Å². The monoisotopic (exact) mass is 396 g/mol. The van der Waals surface area contributed by atoms with Gasteiger partial charge in [-0.15, -0.1) is 0 Å². The SMILES string of the molecule is CCCCCCC(C)(C)OC(=O)C1CCC(OC(=O)C2CCC(O)CC2)CC1. The largest absolute Gasteiger partial charge is 0.462 e. The molecule has 5 nitrogen and oxygen atoms in total. The van der Waals surface area contributed by atoms with E-state index in [0.717, 1.165) is 51.4 Å². The zero-order valence-corrected chi connectivity index (χ0v) is 18.1. The van der Waals surface area contributed by atoms with Crippen molar-refractivity contribution in [2.45, 2.75) is 122 Å². The van der Waals surface area contributed by atoms with E-state index in [1.165, 1.54) is 19.3 Å². The molecule has 28 heavy (non-hydrogen) atoms. The van der Waals surface area contributed by atoms with Crippen LogP contribution in [0.1, 0.15) is 104 Å². The Morgan fingerprint density at radius 1 is 0.857 bits per heavy atom. The topological polar surface area (TPSA) is 72.8 Å². The van der Waals surface area contributed by atoms with Gasteiger partial charge in [0.05, 0.1) is 17.9 Å². The molecule has 0 aromatic heterocycles. The summed E-state index contributed by atoms with van der Waals surface area (Å²) < 4.78 is 11.5. The zero-order valence-electron chi connectivity index (χ0n) is 18.1. The number of hydrogen-bond acceptors (Lipinski definition) is 5. The predicted octanol–water partition coefficient (Wildman–Crippen LogP) is 4.93. The highest BCUT2D eigenvalue weighted by atomic mass is 16.6. The van der Waals surface area contributed by atoms with E-state index in [0.29, 0.717) is 12.8 Å². The normalized spacial score (nSPS) is 28.6. The van der Waals surface area contributed by atoms with Crippen molar-refractivity contribution in [2.24, 2.45) is 11.8 Å². The summed E-state index contributed by atoms with van der Waals surface area (Å²) in [5.41, 5.74) is -0.403. The average molecular weight is 397 g/mol. The molecule has 162 valence electrons. The number of rotatable bonds is 9. The molecule has 0 unspecified atom stereocenters. The lowest BCUT2D eigenvalue weighted by Gasteiger charge is -2.32. The maximum atomic E-state index is 12.6. The number of carbonyl (C=O) groups excluding carboxylic acids is 2. The molecule has 0 radical (unpaired) electrons. The van der Waals surface area contributed by atoms with Crippen LogP contribution in [0.4, 0.5) is 0 Å². The summed E-state index contributed by atoms with van der Waals surface area (Å²) in [6, 6.07) is 0. The summed E-state index contributed by atoms with van der Waals surface area (Å²) in [4.78, 5) is 24.9. The van der Waals surface area contributed by atoms with Gasteiger partial charge in [-0.2, -0.15) is 0 Å². The van der Waals surface area contributed by atoms with Crippen LogP contribution in [0.5, 0.6) is 0 Å². The molecule has 0 heterocycles. The summed E-state index contributed by atoms with van der Waals surface area (Å²) in [6.45, 7) is 6.20. The molecule has 0 aliphatic heterocycles. The third kappa shape index (κ3) is 7.73. The first kappa shape index (κ1) is 23.2. The summed E-state index contributed by atoms with van der Waals surface area (Å²) >= 11 is 0. The highest BCUT2D eigenvalue weighted by Gasteiger charge is 2.34. The third-order valence-corrected chi connectivity index (χ3v) is 6.33. The van der Waals surface area contributed by atoms with Crippen molar-refractivity contribution in [1.82, 2.24) is 0 Å². The Balaban J connectivity index is 1.68. The first-order valence-corrected chi connectivity index (χ1v) is 11.4. The van der Waals surface area contributed by atoms with Crippen LogP contribution < -0.4 is 0 Å². The first-order chi connectivity index (χ1) is 13.3. The van der Waals surface area contributed by atoms with Gasteiger partial charge in [0.15, 0.2) is 0 Å². The maximum Gasteiger partial charge on any atom is 0.309 e. The van der Waals surface area contributed by atoms with E-state index in [1.807, 2.05) is 13.8 Å². The van der Waals surface area contributed by atoms with E-state index in [2.05, 4.69) is 6.92 Å². The molecule has 0 atom stereocenters. The molecule has 1 N–H and O–H groups in total. The van der Waals surface area contributed by atoms with Crippen molar-refractivity contribution >= 4 is 11.9 Å². The summed E-state index contributed by atoms with van der Waals surface area (Å²) in [6.07, 6.45) is 11.0. The fourth-order valence-corrected chi connectivity index (χ4v) is 4.37. The van der Waals surface area contributed by atoms with Crippen LogP contribution in [0.15, 0.2) is 0 Å². The molecule has 2 rings (SSSR count). The molecule has 2 aliphatic carbocycles. The highest BCUT2D eigenvalue weighted by Crippen LogP contribution is 2.32. The number of aliphatic hydroxyl groups excluding tert-OH is 1. The molecule has 0 spiro atoms. The van der Waals surface area contributed by atoms with Gasteiger partial charge in [0.25, 0.3) is 0 Å². The van der Waals surface area contributed by atoms with Crippen LogP contribution in [-0.2, 0) is 19.1 Å². The lowest BCUT2D eigenvalue weighted by Crippen LogP contribution is -2.35. The lowest BCUT2D eigenvalue weighted by atomic mass is 9.86. The minimum absolute atomic E-state index is 0.0698. The Morgan fingerprint density at radius 3 is 2.04 bits per heavy atom. The highest BCUT2D eigenvalue weighted by molar-refractivity contribution is 5.74. The van der Waals surface area contributed by atoms with Gasteiger partial charge in [0.1, 0.15) is 11.7 Å². The van der Waals surface area contributed by atoms with Crippen LogP contribution in [0, 0.1) is 11.8 Å². The van der Waals surface area contributed by atoms with Gasteiger partial charge in [-0.3, -0.25) is 9.59 Å². The molecular formula is C23H40O5. The maximum absolute atomic E-state index is 12.6. The van der Waals surface area contributed by atoms with E-state index in [-0.39, 0.29) is 36.0 Å². The lowest BCUT2D eigenvalue weighted by molar-refractivity contribution is -0.166. The molecule has 0 aromatic carbocycles. The van der Waals surface area contributed by atoms with E-state index in [4.69, 9.17) is 9.47 Å².